The van der Waals surface area contributed by atoms with E-state index in [0.717, 1.165) is 16.8 Å². The number of benzene rings is 3. The highest BCUT2D eigenvalue weighted by Gasteiger charge is 2.20. The number of methoxy groups -OCH3 is 1. The van der Waals surface area contributed by atoms with Gasteiger partial charge in [0.2, 0.25) is 5.75 Å². The minimum atomic E-state index is -0.728. The SMILES string of the molecule is CCOc1cc(C=NNC(=O)c2cc3ccccc3cc2OC)cc([N+](=O)[O-])c1O. The van der Waals surface area contributed by atoms with Gasteiger partial charge in [-0.25, -0.2) is 5.43 Å². The lowest BCUT2D eigenvalue weighted by Gasteiger charge is -2.09. The monoisotopic (exact) mass is 409 g/mol. The van der Waals surface area contributed by atoms with Crippen LogP contribution in [0.1, 0.15) is 22.8 Å². The smallest absolute Gasteiger partial charge is 0.315 e. The Morgan fingerprint density at radius 2 is 1.90 bits per heavy atom. The molecule has 0 aliphatic heterocycles. The van der Waals surface area contributed by atoms with Gasteiger partial charge in [-0.1, -0.05) is 24.3 Å². The van der Waals surface area contributed by atoms with E-state index < -0.39 is 22.3 Å². The molecule has 9 heteroatoms. The fourth-order valence-electron chi connectivity index (χ4n) is 2.88. The maximum absolute atomic E-state index is 12.6. The molecule has 0 aliphatic rings. The van der Waals surface area contributed by atoms with E-state index in [9.17, 15) is 20.0 Å². The number of nitro benzene ring substituents is 1. The van der Waals surface area contributed by atoms with E-state index >= 15 is 0 Å². The number of nitrogens with one attached hydrogen (secondary N) is 1. The number of fused-ring (bicyclic) bond motifs is 1. The summed E-state index contributed by atoms with van der Waals surface area (Å²) >= 11 is 0. The van der Waals surface area contributed by atoms with Crippen molar-refractivity contribution in [1.29, 1.82) is 0 Å². The Morgan fingerprint density at radius 1 is 1.20 bits per heavy atom. The molecule has 0 atom stereocenters. The van der Waals surface area contributed by atoms with E-state index in [4.69, 9.17) is 9.47 Å². The summed E-state index contributed by atoms with van der Waals surface area (Å²) in [5.41, 5.74) is 2.42. The molecule has 3 aromatic carbocycles. The Bertz CT molecular complexity index is 1140. The third-order valence-corrected chi connectivity index (χ3v) is 4.27. The fraction of sp³-hybridized carbons (Fsp3) is 0.143. The molecule has 0 unspecified atom stereocenters. The zero-order chi connectivity index (χ0) is 21.7. The molecule has 3 aromatic rings. The lowest BCUT2D eigenvalue weighted by Crippen LogP contribution is -2.18. The number of ether oxygens (including phenoxy) is 2. The molecule has 154 valence electrons. The molecule has 0 heterocycles. The standard InChI is InChI=1S/C21H19N3O6/c1-3-30-19-9-13(8-17(20(19)25)24(27)28)12-22-23-21(26)16-10-14-6-4-5-7-15(14)11-18(16)29-2/h4-12,25H,3H2,1-2H3,(H,23,26). The minimum absolute atomic E-state index is 0.0457. The Labute approximate surface area is 171 Å². The van der Waals surface area contributed by atoms with E-state index in [1.165, 1.54) is 19.4 Å². The van der Waals surface area contributed by atoms with Crippen LogP contribution in [0.2, 0.25) is 0 Å². The molecule has 30 heavy (non-hydrogen) atoms. The molecular weight excluding hydrogens is 390 g/mol. The summed E-state index contributed by atoms with van der Waals surface area (Å²) in [6.45, 7) is 1.90. The first-order valence-corrected chi connectivity index (χ1v) is 8.99. The normalized spacial score (nSPS) is 10.9. The summed E-state index contributed by atoms with van der Waals surface area (Å²) in [4.78, 5) is 23.0. The van der Waals surface area contributed by atoms with Gasteiger partial charge in [-0.05, 0) is 35.9 Å². The van der Waals surface area contributed by atoms with Crippen molar-refractivity contribution in [3.05, 3.63) is 69.8 Å². The summed E-state index contributed by atoms with van der Waals surface area (Å²) in [7, 11) is 1.47. The number of hydrazone groups is 1. The van der Waals surface area contributed by atoms with Crippen LogP contribution >= 0.6 is 0 Å². The summed E-state index contributed by atoms with van der Waals surface area (Å²) in [6.07, 6.45) is 1.22. The van der Waals surface area contributed by atoms with E-state index in [1.54, 1.807) is 19.1 Å². The number of rotatable bonds is 7. The quantitative estimate of drug-likeness (QED) is 0.349. The summed E-state index contributed by atoms with van der Waals surface area (Å²) < 4.78 is 10.5. The molecular formula is C21H19N3O6. The number of hydrogen-bond acceptors (Lipinski definition) is 7. The van der Waals surface area contributed by atoms with Gasteiger partial charge in [-0.15, -0.1) is 0 Å². The van der Waals surface area contributed by atoms with Gasteiger partial charge >= 0.3 is 5.69 Å². The van der Waals surface area contributed by atoms with Crippen molar-refractivity contribution in [2.24, 2.45) is 5.10 Å². The molecule has 1 amide bonds. The van der Waals surface area contributed by atoms with E-state index in [0.29, 0.717) is 11.3 Å². The average molecular weight is 409 g/mol. The predicted molar refractivity (Wildman–Crippen MR) is 111 cm³/mol. The van der Waals surface area contributed by atoms with Crippen molar-refractivity contribution >= 4 is 28.6 Å². The van der Waals surface area contributed by atoms with Gasteiger partial charge in [0.15, 0.2) is 5.75 Å². The van der Waals surface area contributed by atoms with Crippen molar-refractivity contribution in [1.82, 2.24) is 5.43 Å². The Balaban J connectivity index is 1.85. The van der Waals surface area contributed by atoms with Crippen molar-refractivity contribution in [3.8, 4) is 17.2 Å². The zero-order valence-electron chi connectivity index (χ0n) is 16.3. The number of carbonyl (C=O) groups excluding carboxylic acids is 1. The van der Waals surface area contributed by atoms with E-state index in [-0.39, 0.29) is 17.9 Å². The first-order chi connectivity index (χ1) is 14.4. The summed E-state index contributed by atoms with van der Waals surface area (Å²) in [6, 6.07) is 13.5. The fourth-order valence-corrected chi connectivity index (χ4v) is 2.88. The molecule has 0 saturated heterocycles. The topological polar surface area (TPSA) is 123 Å². The summed E-state index contributed by atoms with van der Waals surface area (Å²) in [5.74, 6) is -0.730. The van der Waals surface area contributed by atoms with Crippen LogP contribution in [0.3, 0.4) is 0 Å². The predicted octanol–water partition coefficient (Wildman–Crippen LogP) is 3.62. The van der Waals surface area contributed by atoms with Crippen LogP contribution in [0.5, 0.6) is 17.2 Å². The van der Waals surface area contributed by atoms with Gasteiger partial charge in [-0.3, -0.25) is 14.9 Å². The van der Waals surface area contributed by atoms with Gasteiger partial charge in [0.05, 0.1) is 30.4 Å². The molecule has 3 rings (SSSR count). The van der Waals surface area contributed by atoms with Crippen molar-refractivity contribution in [2.45, 2.75) is 6.92 Å². The molecule has 2 N–H and O–H groups in total. The molecule has 0 radical (unpaired) electrons. The first kappa shape index (κ1) is 20.6. The van der Waals surface area contributed by atoms with Gasteiger partial charge in [-0.2, -0.15) is 5.10 Å². The molecule has 0 spiro atoms. The number of carbonyl (C=O) groups is 1. The van der Waals surface area contributed by atoms with Crippen molar-refractivity contribution < 1.29 is 24.3 Å². The highest BCUT2D eigenvalue weighted by atomic mass is 16.6. The number of aromatic hydroxyl groups is 1. The second kappa shape index (κ2) is 8.91. The second-order valence-corrected chi connectivity index (χ2v) is 6.18. The van der Waals surface area contributed by atoms with E-state index in [1.807, 2.05) is 24.3 Å². The van der Waals surface area contributed by atoms with Crippen LogP contribution in [0.4, 0.5) is 5.69 Å². The van der Waals surface area contributed by atoms with Crippen LogP contribution in [-0.2, 0) is 0 Å². The summed E-state index contributed by atoms with van der Waals surface area (Å²) in [5, 5.41) is 26.7. The number of nitro groups is 1. The lowest BCUT2D eigenvalue weighted by atomic mass is 10.1. The number of amides is 1. The third kappa shape index (κ3) is 4.30. The van der Waals surface area contributed by atoms with Gasteiger partial charge in [0.25, 0.3) is 5.91 Å². The third-order valence-electron chi connectivity index (χ3n) is 4.27. The molecule has 0 bridgehead atoms. The number of phenols is 1. The lowest BCUT2D eigenvalue weighted by molar-refractivity contribution is -0.386. The van der Waals surface area contributed by atoms with Crippen LogP contribution < -0.4 is 14.9 Å². The second-order valence-electron chi connectivity index (χ2n) is 6.18. The molecule has 0 aliphatic carbocycles. The molecule has 0 fully saturated rings. The average Bonchev–Trinajstić information content (AvgIpc) is 2.74. The maximum Gasteiger partial charge on any atom is 0.315 e. The Kier molecular flexibility index (Phi) is 6.11. The van der Waals surface area contributed by atoms with Crippen LogP contribution in [-0.4, -0.2) is 35.9 Å². The van der Waals surface area contributed by atoms with Crippen LogP contribution in [0, 0.1) is 10.1 Å². The molecule has 0 aromatic heterocycles. The highest BCUT2D eigenvalue weighted by Crippen LogP contribution is 2.36. The first-order valence-electron chi connectivity index (χ1n) is 8.99. The van der Waals surface area contributed by atoms with Gasteiger partial charge in [0, 0.05) is 11.6 Å². The largest absolute Gasteiger partial charge is 0.500 e. The molecule has 0 saturated carbocycles. The van der Waals surface area contributed by atoms with Crippen molar-refractivity contribution in [2.75, 3.05) is 13.7 Å². The van der Waals surface area contributed by atoms with Crippen LogP contribution in [0.25, 0.3) is 10.8 Å². The zero-order valence-corrected chi connectivity index (χ0v) is 16.3. The Hall–Kier alpha value is -4.14. The maximum atomic E-state index is 12.6. The number of hydrogen-bond donors (Lipinski definition) is 2. The number of phenolic OH excluding ortho intramolecular Hbond substituents is 1. The molecule has 9 nitrogen and oxygen atoms in total. The van der Waals surface area contributed by atoms with E-state index in [2.05, 4.69) is 10.5 Å². The van der Waals surface area contributed by atoms with Crippen molar-refractivity contribution in [3.63, 3.8) is 0 Å². The minimum Gasteiger partial charge on any atom is -0.500 e. The van der Waals surface area contributed by atoms with Gasteiger partial charge in [0.1, 0.15) is 5.75 Å². The van der Waals surface area contributed by atoms with Crippen LogP contribution in [0.15, 0.2) is 53.6 Å². The van der Waals surface area contributed by atoms with Gasteiger partial charge < -0.3 is 14.6 Å². The Morgan fingerprint density at radius 3 is 2.53 bits per heavy atom. The highest BCUT2D eigenvalue weighted by molar-refractivity contribution is 6.02. The number of nitrogens with zero attached hydrogens (tertiary/aromatic N) is 2.